The quantitative estimate of drug-likeness (QED) is 0.207. The van der Waals surface area contributed by atoms with Gasteiger partial charge in [0.05, 0.1) is 47.2 Å². The van der Waals surface area contributed by atoms with Crippen molar-refractivity contribution >= 4 is 29.4 Å². The number of allylic oxidation sites excluding steroid dienone is 1. The smallest absolute Gasteiger partial charge is 0.338 e. The van der Waals surface area contributed by atoms with Gasteiger partial charge in [0.15, 0.2) is 4.80 Å². The molecule has 0 spiro atoms. The van der Waals surface area contributed by atoms with Crippen molar-refractivity contribution in [2.45, 2.75) is 59.6 Å². The van der Waals surface area contributed by atoms with E-state index in [0.29, 0.717) is 55.4 Å². The number of aromatic nitrogens is 1. The summed E-state index contributed by atoms with van der Waals surface area (Å²) in [5.74, 6) is 0.806. The van der Waals surface area contributed by atoms with Crippen molar-refractivity contribution in [3.05, 3.63) is 108 Å². The van der Waals surface area contributed by atoms with Crippen molar-refractivity contribution in [2.75, 3.05) is 13.7 Å². The maximum Gasteiger partial charge on any atom is 0.338 e. The van der Waals surface area contributed by atoms with E-state index in [2.05, 4.69) is 0 Å². The molecule has 4 aromatic rings. The molecule has 0 saturated carbocycles. The number of thiazole rings is 1. The molecule has 10 heteroatoms. The fourth-order valence-electron chi connectivity index (χ4n) is 5.30. The molecule has 0 saturated heterocycles. The molecule has 9 nitrogen and oxygen atoms in total. The van der Waals surface area contributed by atoms with E-state index in [1.807, 2.05) is 64.1 Å². The lowest BCUT2D eigenvalue weighted by atomic mass is 9.94. The number of ether oxygens (including phenoxy) is 3. The van der Waals surface area contributed by atoms with Crippen molar-refractivity contribution in [3.8, 4) is 17.1 Å². The number of carbonyl (C=O) groups is 2. The molecule has 5 rings (SSSR count). The normalized spacial score (nSPS) is 14.7. The van der Waals surface area contributed by atoms with E-state index in [9.17, 15) is 14.4 Å². The zero-order valence-corrected chi connectivity index (χ0v) is 27.0. The first-order valence-corrected chi connectivity index (χ1v) is 15.7. The molecule has 45 heavy (non-hydrogen) atoms. The third-order valence-electron chi connectivity index (χ3n) is 7.27. The topological polar surface area (TPSA) is 109 Å². The van der Waals surface area contributed by atoms with Gasteiger partial charge in [0.2, 0.25) is 0 Å². The monoisotopic (exact) mass is 628 g/mol. The van der Waals surface area contributed by atoms with Gasteiger partial charge in [-0.1, -0.05) is 42.9 Å². The predicted molar refractivity (Wildman–Crippen MR) is 172 cm³/mol. The van der Waals surface area contributed by atoms with Gasteiger partial charge in [-0.2, -0.15) is 0 Å². The summed E-state index contributed by atoms with van der Waals surface area (Å²) < 4.78 is 24.4. The van der Waals surface area contributed by atoms with E-state index in [1.165, 1.54) is 11.3 Å². The average Bonchev–Trinajstić information content (AvgIpc) is 3.60. The summed E-state index contributed by atoms with van der Waals surface area (Å²) in [4.78, 5) is 45.1. The van der Waals surface area contributed by atoms with Crippen LogP contribution in [0.5, 0.6) is 5.75 Å². The molecule has 0 amide bonds. The molecule has 3 heterocycles. The first-order chi connectivity index (χ1) is 21.6. The minimum absolute atomic E-state index is 0.196. The Balaban J connectivity index is 1.59. The number of hydrogen-bond acceptors (Lipinski definition) is 9. The van der Waals surface area contributed by atoms with Gasteiger partial charge in [-0.15, -0.1) is 0 Å². The van der Waals surface area contributed by atoms with Crippen LogP contribution in [0.3, 0.4) is 0 Å². The van der Waals surface area contributed by atoms with Crippen molar-refractivity contribution in [1.82, 2.24) is 4.57 Å². The predicted octanol–water partition coefficient (Wildman–Crippen LogP) is 5.72. The highest BCUT2D eigenvalue weighted by atomic mass is 32.1. The van der Waals surface area contributed by atoms with Gasteiger partial charge in [0.25, 0.3) is 5.56 Å². The Morgan fingerprint density at radius 1 is 1.09 bits per heavy atom. The second-order valence-corrected chi connectivity index (χ2v) is 11.9. The number of aryl methyl sites for hydroxylation is 1. The number of methoxy groups -OCH3 is 1. The summed E-state index contributed by atoms with van der Waals surface area (Å²) in [5, 5.41) is 0. The summed E-state index contributed by atoms with van der Waals surface area (Å²) in [5.41, 5.74) is 3.50. The van der Waals surface area contributed by atoms with Gasteiger partial charge < -0.3 is 18.6 Å². The van der Waals surface area contributed by atoms with Crippen LogP contribution in [0.2, 0.25) is 0 Å². The Labute approximate surface area is 265 Å². The Morgan fingerprint density at radius 2 is 1.89 bits per heavy atom. The molecule has 1 atom stereocenters. The average molecular weight is 629 g/mol. The highest BCUT2D eigenvalue weighted by Gasteiger charge is 2.34. The number of furan rings is 1. The second-order valence-electron chi connectivity index (χ2n) is 10.9. The SMILES string of the molecule is CCCC1=C(C(=O)OCC)[C@@H](c2cccc(OC)c2)n2c(s/c(=C/c3ccc(-c4ccc(C(=O)OC(C)C)cc4C)o3)c2=O)=N1. The molecule has 0 fully saturated rings. The Bertz CT molecular complexity index is 1960. The van der Waals surface area contributed by atoms with Crippen LogP contribution in [0.25, 0.3) is 17.4 Å². The van der Waals surface area contributed by atoms with Gasteiger partial charge in [0, 0.05) is 11.6 Å². The third kappa shape index (κ3) is 6.56. The maximum absolute atomic E-state index is 14.0. The number of esters is 2. The number of carbonyl (C=O) groups excluding carboxylic acids is 2. The molecule has 1 aliphatic rings. The number of rotatable bonds is 10. The van der Waals surface area contributed by atoms with E-state index >= 15 is 0 Å². The number of fused-ring (bicyclic) bond motifs is 1. The summed E-state index contributed by atoms with van der Waals surface area (Å²) in [7, 11) is 1.57. The molecule has 0 radical (unpaired) electrons. The molecule has 2 aromatic heterocycles. The lowest BCUT2D eigenvalue weighted by Gasteiger charge is -2.26. The number of hydrogen-bond donors (Lipinski definition) is 0. The molecule has 234 valence electrons. The van der Waals surface area contributed by atoms with Crippen molar-refractivity contribution in [3.63, 3.8) is 0 Å². The van der Waals surface area contributed by atoms with Crippen LogP contribution in [0, 0.1) is 6.92 Å². The van der Waals surface area contributed by atoms with E-state index in [-0.39, 0.29) is 24.2 Å². The van der Waals surface area contributed by atoms with Gasteiger partial charge in [-0.05, 0) is 81.6 Å². The summed E-state index contributed by atoms with van der Waals surface area (Å²) in [6.07, 6.45) is 2.79. The van der Waals surface area contributed by atoms with Crippen molar-refractivity contribution in [2.24, 2.45) is 4.99 Å². The van der Waals surface area contributed by atoms with Crippen LogP contribution in [-0.4, -0.2) is 36.3 Å². The van der Waals surface area contributed by atoms with Crippen LogP contribution >= 0.6 is 11.3 Å². The molecule has 0 bridgehead atoms. The molecule has 0 aliphatic carbocycles. The molecule has 2 aromatic carbocycles. The fourth-order valence-corrected chi connectivity index (χ4v) is 6.30. The van der Waals surface area contributed by atoms with Crippen LogP contribution in [-0.2, 0) is 14.3 Å². The largest absolute Gasteiger partial charge is 0.497 e. The molecule has 1 aliphatic heterocycles. The second kappa shape index (κ2) is 13.5. The first kappa shape index (κ1) is 31.7. The Hall–Kier alpha value is -4.70. The zero-order valence-electron chi connectivity index (χ0n) is 26.2. The van der Waals surface area contributed by atoms with E-state index < -0.39 is 12.0 Å². The van der Waals surface area contributed by atoms with Crippen LogP contribution in [0.4, 0.5) is 0 Å². The molecule has 0 N–H and O–H groups in total. The van der Waals surface area contributed by atoms with E-state index in [4.69, 9.17) is 23.6 Å². The first-order valence-electron chi connectivity index (χ1n) is 14.9. The van der Waals surface area contributed by atoms with E-state index in [0.717, 1.165) is 17.5 Å². The maximum atomic E-state index is 14.0. The van der Waals surface area contributed by atoms with Crippen LogP contribution in [0.1, 0.15) is 73.8 Å². The van der Waals surface area contributed by atoms with E-state index in [1.54, 1.807) is 42.9 Å². The molecular weight excluding hydrogens is 592 g/mol. The standard InChI is InChI=1S/C35H36N2O7S/c1-7-10-27-30(34(40)42-8-2)31(22-11-9-12-24(18-22)41-6)37-32(38)29(45-35(37)36-27)19-25-14-16-28(44-25)26-15-13-23(17-21(26)5)33(39)43-20(3)4/h9,11-20,31H,7-8,10H2,1-6H3/b29-19+/t31-/m1/s1. The Morgan fingerprint density at radius 3 is 2.58 bits per heavy atom. The Kier molecular flexibility index (Phi) is 9.53. The number of nitrogens with zero attached hydrogens (tertiary/aromatic N) is 2. The van der Waals surface area contributed by atoms with Gasteiger partial charge in [0.1, 0.15) is 17.3 Å². The highest BCUT2D eigenvalue weighted by Crippen LogP contribution is 2.34. The van der Waals surface area contributed by atoms with Crippen LogP contribution in [0.15, 0.2) is 80.1 Å². The fraction of sp³-hybridized carbons (Fsp3) is 0.314. The summed E-state index contributed by atoms with van der Waals surface area (Å²) in [6.45, 7) is 9.48. The van der Waals surface area contributed by atoms with Gasteiger partial charge >= 0.3 is 11.9 Å². The van der Waals surface area contributed by atoms with Gasteiger partial charge in [-0.25, -0.2) is 14.6 Å². The van der Waals surface area contributed by atoms with Crippen molar-refractivity contribution < 1.29 is 28.2 Å². The van der Waals surface area contributed by atoms with Crippen LogP contribution < -0.4 is 19.6 Å². The van der Waals surface area contributed by atoms with Gasteiger partial charge in [-0.3, -0.25) is 9.36 Å². The summed E-state index contributed by atoms with van der Waals surface area (Å²) >= 11 is 1.24. The molecule has 0 unspecified atom stereocenters. The third-order valence-corrected chi connectivity index (χ3v) is 8.26. The lowest BCUT2D eigenvalue weighted by Crippen LogP contribution is -2.40. The lowest BCUT2D eigenvalue weighted by molar-refractivity contribution is -0.139. The van der Waals surface area contributed by atoms with Crippen molar-refractivity contribution in [1.29, 1.82) is 0 Å². The highest BCUT2D eigenvalue weighted by molar-refractivity contribution is 7.07. The number of benzene rings is 2. The minimum Gasteiger partial charge on any atom is -0.497 e. The molecular formula is C35H36N2O7S. The minimum atomic E-state index is -0.741. The zero-order chi connectivity index (χ0) is 32.2. The summed E-state index contributed by atoms with van der Waals surface area (Å²) in [6, 6.07) is 15.5.